The maximum atomic E-state index is 12.2. The Morgan fingerprint density at radius 1 is 1.24 bits per heavy atom. The molecule has 0 fully saturated rings. The quantitative estimate of drug-likeness (QED) is 0.607. The number of nitrogens with one attached hydrogen (secondary N) is 2. The lowest BCUT2D eigenvalue weighted by atomic mass is 9.84. The van der Waals surface area contributed by atoms with Crippen molar-refractivity contribution in [2.24, 2.45) is 5.41 Å². The Morgan fingerprint density at radius 3 is 2.43 bits per heavy atom. The van der Waals surface area contributed by atoms with E-state index in [1.807, 2.05) is 20.8 Å². The fourth-order valence-electron chi connectivity index (χ4n) is 1.94. The summed E-state index contributed by atoms with van der Waals surface area (Å²) in [6, 6.07) is 3.10. The predicted octanol–water partition coefficient (Wildman–Crippen LogP) is 1.47. The van der Waals surface area contributed by atoms with E-state index in [4.69, 9.17) is 4.42 Å². The van der Waals surface area contributed by atoms with Gasteiger partial charge in [0.15, 0.2) is 0 Å². The lowest BCUT2D eigenvalue weighted by molar-refractivity contribution is 0.119. The molecule has 6 nitrogen and oxygen atoms in total. The lowest BCUT2D eigenvalue weighted by Crippen LogP contribution is -2.39. The van der Waals surface area contributed by atoms with Gasteiger partial charge in [-0.25, -0.2) is 13.1 Å². The molecule has 21 heavy (non-hydrogen) atoms. The van der Waals surface area contributed by atoms with Crippen LogP contribution in [0, 0.1) is 5.41 Å². The minimum absolute atomic E-state index is 0.0493. The smallest absolute Gasteiger partial charge is 0.273 e. The molecule has 1 heterocycles. The average Bonchev–Trinajstić information content (AvgIpc) is 2.97. The molecule has 1 rings (SSSR count). The molecule has 122 valence electrons. The van der Waals surface area contributed by atoms with E-state index in [-0.39, 0.29) is 18.2 Å². The predicted molar refractivity (Wildman–Crippen MR) is 81.4 cm³/mol. The second kappa shape index (κ2) is 7.93. The largest absolute Gasteiger partial charge is 0.447 e. The first kappa shape index (κ1) is 18.2. The van der Waals surface area contributed by atoms with Gasteiger partial charge < -0.3 is 14.8 Å². The Labute approximate surface area is 127 Å². The molecule has 1 aromatic rings. The van der Waals surface area contributed by atoms with Gasteiger partial charge in [0.1, 0.15) is 5.76 Å². The molecular formula is C14H26N2O4S. The van der Waals surface area contributed by atoms with Gasteiger partial charge in [-0.05, 0) is 31.5 Å². The molecular weight excluding hydrogens is 292 g/mol. The summed E-state index contributed by atoms with van der Waals surface area (Å²) in [5, 5.41) is 12.5. The SMILES string of the molecule is CCNCc1ccc(S(=O)(=O)NCC(CC)(CC)CO)o1. The van der Waals surface area contributed by atoms with E-state index in [1.54, 1.807) is 6.07 Å². The first-order valence-electron chi connectivity index (χ1n) is 7.33. The molecule has 0 aliphatic rings. The van der Waals surface area contributed by atoms with Crippen LogP contribution in [0.5, 0.6) is 0 Å². The maximum absolute atomic E-state index is 12.2. The van der Waals surface area contributed by atoms with Crippen molar-refractivity contribution >= 4 is 10.0 Å². The molecule has 3 N–H and O–H groups in total. The fraction of sp³-hybridized carbons (Fsp3) is 0.714. The summed E-state index contributed by atoms with van der Waals surface area (Å²) in [6.45, 7) is 7.27. The molecule has 0 unspecified atom stereocenters. The summed E-state index contributed by atoms with van der Waals surface area (Å²) in [7, 11) is -3.68. The van der Waals surface area contributed by atoms with Gasteiger partial charge in [-0.2, -0.15) is 0 Å². The lowest BCUT2D eigenvalue weighted by Gasteiger charge is -2.29. The molecule has 0 aromatic carbocycles. The van der Waals surface area contributed by atoms with Crippen LogP contribution in [-0.4, -0.2) is 33.2 Å². The van der Waals surface area contributed by atoms with E-state index in [0.717, 1.165) is 6.54 Å². The Bertz CT molecular complexity index is 513. The van der Waals surface area contributed by atoms with Crippen LogP contribution in [0.15, 0.2) is 21.6 Å². The Hall–Kier alpha value is -0.890. The van der Waals surface area contributed by atoms with Crippen LogP contribution >= 0.6 is 0 Å². The highest BCUT2D eigenvalue weighted by Crippen LogP contribution is 2.25. The summed E-state index contributed by atoms with van der Waals surface area (Å²) in [5.41, 5.74) is -0.424. The molecule has 0 radical (unpaired) electrons. The van der Waals surface area contributed by atoms with Crippen molar-refractivity contribution in [3.8, 4) is 0 Å². The minimum Gasteiger partial charge on any atom is -0.447 e. The minimum atomic E-state index is -3.68. The third-order valence-corrected chi connectivity index (χ3v) is 5.20. The number of aliphatic hydroxyl groups excluding tert-OH is 1. The van der Waals surface area contributed by atoms with Gasteiger partial charge in [0.05, 0.1) is 6.54 Å². The van der Waals surface area contributed by atoms with Crippen LogP contribution in [0.3, 0.4) is 0 Å². The van der Waals surface area contributed by atoms with Crippen molar-refractivity contribution in [2.45, 2.75) is 45.2 Å². The number of rotatable bonds is 10. The molecule has 0 spiro atoms. The van der Waals surface area contributed by atoms with Gasteiger partial charge in [0.25, 0.3) is 10.0 Å². The number of aliphatic hydroxyl groups is 1. The summed E-state index contributed by atoms with van der Waals surface area (Å²) >= 11 is 0. The number of furan rings is 1. The van der Waals surface area contributed by atoms with Gasteiger partial charge >= 0.3 is 0 Å². The number of sulfonamides is 1. The van der Waals surface area contributed by atoms with Crippen LogP contribution in [-0.2, 0) is 16.6 Å². The Morgan fingerprint density at radius 2 is 1.90 bits per heavy atom. The summed E-state index contributed by atoms with van der Waals surface area (Å²) in [6.07, 6.45) is 1.40. The molecule has 7 heteroatoms. The van der Waals surface area contributed by atoms with Crippen LogP contribution in [0.25, 0.3) is 0 Å². The highest BCUT2D eigenvalue weighted by molar-refractivity contribution is 7.89. The summed E-state index contributed by atoms with van der Waals surface area (Å²) in [5.74, 6) is 0.580. The molecule has 0 aliphatic carbocycles. The van der Waals surface area contributed by atoms with Gasteiger partial charge in [0, 0.05) is 18.6 Å². The Balaban J connectivity index is 2.75. The standard InChI is InChI=1S/C14H26N2O4S/c1-4-14(5-2,11-17)10-16-21(18,19)13-8-7-12(20-13)9-15-6-3/h7-8,15-17H,4-6,9-11H2,1-3H3. The molecule has 0 saturated heterocycles. The number of hydrogen-bond donors (Lipinski definition) is 3. The summed E-state index contributed by atoms with van der Waals surface area (Å²) < 4.78 is 32.3. The monoisotopic (exact) mass is 318 g/mol. The van der Waals surface area contributed by atoms with Gasteiger partial charge in [0.2, 0.25) is 5.09 Å². The van der Waals surface area contributed by atoms with E-state index in [0.29, 0.717) is 25.1 Å². The van der Waals surface area contributed by atoms with E-state index >= 15 is 0 Å². The highest BCUT2D eigenvalue weighted by Gasteiger charge is 2.28. The Kier molecular flexibility index (Phi) is 6.86. The first-order valence-corrected chi connectivity index (χ1v) is 8.81. The molecule has 0 amide bonds. The molecule has 0 atom stereocenters. The van der Waals surface area contributed by atoms with Crippen LogP contribution in [0.4, 0.5) is 0 Å². The third-order valence-electron chi connectivity index (χ3n) is 3.92. The zero-order chi connectivity index (χ0) is 15.9. The first-order chi connectivity index (χ1) is 9.93. The van der Waals surface area contributed by atoms with Gasteiger partial charge in [-0.15, -0.1) is 0 Å². The number of hydrogen-bond acceptors (Lipinski definition) is 5. The van der Waals surface area contributed by atoms with Crippen molar-refractivity contribution in [3.05, 3.63) is 17.9 Å². The van der Waals surface area contributed by atoms with Crippen LogP contribution in [0.2, 0.25) is 0 Å². The summed E-state index contributed by atoms with van der Waals surface area (Å²) in [4.78, 5) is 0. The van der Waals surface area contributed by atoms with Crippen molar-refractivity contribution in [3.63, 3.8) is 0 Å². The van der Waals surface area contributed by atoms with Crippen molar-refractivity contribution < 1.29 is 17.9 Å². The molecule has 0 bridgehead atoms. The molecule has 0 saturated carbocycles. The average molecular weight is 318 g/mol. The second-order valence-electron chi connectivity index (χ2n) is 5.19. The van der Waals surface area contributed by atoms with E-state index < -0.39 is 15.4 Å². The second-order valence-corrected chi connectivity index (χ2v) is 6.89. The van der Waals surface area contributed by atoms with Crippen LogP contribution in [0.1, 0.15) is 39.4 Å². The maximum Gasteiger partial charge on any atom is 0.273 e. The topological polar surface area (TPSA) is 91.6 Å². The van der Waals surface area contributed by atoms with Gasteiger partial charge in [-0.1, -0.05) is 20.8 Å². The van der Waals surface area contributed by atoms with E-state index in [2.05, 4.69) is 10.0 Å². The van der Waals surface area contributed by atoms with E-state index in [9.17, 15) is 13.5 Å². The third kappa shape index (κ3) is 4.81. The normalized spacial score (nSPS) is 12.8. The fourth-order valence-corrected chi connectivity index (χ4v) is 3.05. The molecule has 0 aliphatic heterocycles. The molecule has 1 aromatic heterocycles. The van der Waals surface area contributed by atoms with E-state index in [1.165, 1.54) is 6.07 Å². The zero-order valence-electron chi connectivity index (χ0n) is 13.0. The van der Waals surface area contributed by atoms with Crippen molar-refractivity contribution in [1.29, 1.82) is 0 Å². The van der Waals surface area contributed by atoms with Crippen LogP contribution < -0.4 is 10.0 Å². The highest BCUT2D eigenvalue weighted by atomic mass is 32.2. The van der Waals surface area contributed by atoms with Crippen molar-refractivity contribution in [2.75, 3.05) is 19.7 Å². The van der Waals surface area contributed by atoms with Gasteiger partial charge in [-0.3, -0.25) is 0 Å². The zero-order valence-corrected chi connectivity index (χ0v) is 13.8. The van der Waals surface area contributed by atoms with Crippen molar-refractivity contribution in [1.82, 2.24) is 10.0 Å².